The highest BCUT2D eigenvalue weighted by molar-refractivity contribution is 5.75. The lowest BCUT2D eigenvalue weighted by Crippen LogP contribution is -2.28. The first kappa shape index (κ1) is 15.5. The van der Waals surface area contributed by atoms with Crippen molar-refractivity contribution in [2.45, 2.75) is 26.2 Å². The molecule has 2 N–H and O–H groups in total. The number of carbonyl (C=O) groups excluding carboxylic acids is 1. The van der Waals surface area contributed by atoms with E-state index in [0.717, 1.165) is 38.2 Å². The van der Waals surface area contributed by atoms with Crippen LogP contribution in [0.4, 0.5) is 0 Å². The summed E-state index contributed by atoms with van der Waals surface area (Å²) in [7, 11) is 1.67. The van der Waals surface area contributed by atoms with E-state index < -0.39 is 0 Å². The van der Waals surface area contributed by atoms with Crippen molar-refractivity contribution < 1.29 is 9.53 Å². The Balaban J connectivity index is 2.11. The van der Waals surface area contributed by atoms with Gasteiger partial charge in [0.1, 0.15) is 5.75 Å². The molecule has 1 rings (SSSR count). The van der Waals surface area contributed by atoms with Crippen LogP contribution in [-0.4, -0.2) is 32.7 Å². The third-order valence-corrected chi connectivity index (χ3v) is 2.83. The van der Waals surface area contributed by atoms with Crippen LogP contribution in [0.25, 0.3) is 0 Å². The number of carbonyl (C=O) groups is 1. The summed E-state index contributed by atoms with van der Waals surface area (Å²) in [6.07, 6.45) is 2.46. The van der Waals surface area contributed by atoms with Gasteiger partial charge in [0.25, 0.3) is 0 Å². The summed E-state index contributed by atoms with van der Waals surface area (Å²) in [5.74, 6) is 1.01. The molecule has 0 saturated heterocycles. The molecule has 0 aromatic heterocycles. The summed E-state index contributed by atoms with van der Waals surface area (Å²) in [5, 5.41) is 6.14. The maximum absolute atomic E-state index is 11.4. The third kappa shape index (κ3) is 6.82. The number of rotatable bonds is 9. The summed E-state index contributed by atoms with van der Waals surface area (Å²) in [6, 6.07) is 8.05. The Labute approximate surface area is 115 Å². The zero-order chi connectivity index (χ0) is 13.9. The lowest BCUT2D eigenvalue weighted by molar-refractivity contribution is -0.120. The van der Waals surface area contributed by atoms with Gasteiger partial charge in [-0.05, 0) is 37.1 Å². The third-order valence-electron chi connectivity index (χ3n) is 2.83. The zero-order valence-corrected chi connectivity index (χ0v) is 11.9. The summed E-state index contributed by atoms with van der Waals surface area (Å²) >= 11 is 0. The number of amides is 1. The lowest BCUT2D eigenvalue weighted by Gasteiger charge is -2.07. The molecule has 0 aliphatic heterocycles. The minimum atomic E-state index is 0.121. The second-order valence-corrected chi connectivity index (χ2v) is 4.45. The number of ether oxygens (including phenoxy) is 1. The predicted octanol–water partition coefficient (Wildman–Crippen LogP) is 1.74. The van der Waals surface area contributed by atoms with E-state index in [2.05, 4.69) is 16.7 Å². The first-order valence-electron chi connectivity index (χ1n) is 6.86. The fourth-order valence-electron chi connectivity index (χ4n) is 1.74. The molecular formula is C15H24N2O2. The van der Waals surface area contributed by atoms with Crippen LogP contribution in [0, 0.1) is 0 Å². The summed E-state index contributed by atoms with van der Waals surface area (Å²) in [4.78, 5) is 11.4. The smallest absolute Gasteiger partial charge is 0.221 e. The Hall–Kier alpha value is -1.55. The highest BCUT2D eigenvalue weighted by Crippen LogP contribution is 2.12. The van der Waals surface area contributed by atoms with Gasteiger partial charge in [0.2, 0.25) is 5.91 Å². The van der Waals surface area contributed by atoms with Crippen LogP contribution >= 0.6 is 0 Å². The minimum absolute atomic E-state index is 0.121. The van der Waals surface area contributed by atoms with E-state index in [1.165, 1.54) is 5.56 Å². The fourth-order valence-corrected chi connectivity index (χ4v) is 1.74. The largest absolute Gasteiger partial charge is 0.497 e. The molecule has 0 unspecified atom stereocenters. The number of methoxy groups -OCH3 is 1. The summed E-state index contributed by atoms with van der Waals surface area (Å²) < 4.78 is 5.18. The Morgan fingerprint density at radius 3 is 2.84 bits per heavy atom. The molecule has 106 valence electrons. The van der Waals surface area contributed by atoms with Gasteiger partial charge in [-0.3, -0.25) is 4.79 Å². The van der Waals surface area contributed by atoms with Gasteiger partial charge in [-0.2, -0.15) is 0 Å². The molecule has 0 saturated carbocycles. The standard InChI is InChI=1S/C15H24N2O2/c1-3-9-17-15(18)8-11-16-10-7-13-5-4-6-14(12-13)19-2/h4-6,12,16H,3,7-11H2,1-2H3,(H,17,18). The molecule has 4 nitrogen and oxygen atoms in total. The average molecular weight is 264 g/mol. The van der Waals surface area contributed by atoms with E-state index in [0.29, 0.717) is 6.42 Å². The van der Waals surface area contributed by atoms with Crippen LogP contribution in [0.3, 0.4) is 0 Å². The molecule has 0 spiro atoms. The van der Waals surface area contributed by atoms with Gasteiger partial charge < -0.3 is 15.4 Å². The number of hydrogen-bond donors (Lipinski definition) is 2. The SMILES string of the molecule is CCCNC(=O)CCNCCc1cccc(OC)c1. The molecule has 0 radical (unpaired) electrons. The van der Waals surface area contributed by atoms with Gasteiger partial charge in [-0.1, -0.05) is 19.1 Å². The van der Waals surface area contributed by atoms with Crippen molar-refractivity contribution in [3.05, 3.63) is 29.8 Å². The molecule has 1 aromatic rings. The molecular weight excluding hydrogens is 240 g/mol. The fraction of sp³-hybridized carbons (Fsp3) is 0.533. The second kappa shape index (κ2) is 9.39. The van der Waals surface area contributed by atoms with Gasteiger partial charge >= 0.3 is 0 Å². The van der Waals surface area contributed by atoms with Crippen LogP contribution in [0.1, 0.15) is 25.3 Å². The van der Waals surface area contributed by atoms with Crippen molar-refractivity contribution in [1.82, 2.24) is 10.6 Å². The lowest BCUT2D eigenvalue weighted by atomic mass is 10.1. The van der Waals surface area contributed by atoms with Gasteiger partial charge in [-0.25, -0.2) is 0 Å². The van der Waals surface area contributed by atoms with Crippen molar-refractivity contribution in [2.75, 3.05) is 26.7 Å². The predicted molar refractivity (Wildman–Crippen MR) is 77.5 cm³/mol. The first-order chi connectivity index (χ1) is 9.26. The first-order valence-corrected chi connectivity index (χ1v) is 6.86. The molecule has 0 fully saturated rings. The van der Waals surface area contributed by atoms with Gasteiger partial charge in [0.05, 0.1) is 7.11 Å². The number of hydrogen-bond acceptors (Lipinski definition) is 3. The van der Waals surface area contributed by atoms with Crippen LogP contribution in [0.2, 0.25) is 0 Å². The zero-order valence-electron chi connectivity index (χ0n) is 11.9. The molecule has 0 aliphatic rings. The van der Waals surface area contributed by atoms with Gasteiger partial charge in [0.15, 0.2) is 0 Å². The highest BCUT2D eigenvalue weighted by atomic mass is 16.5. The number of nitrogens with one attached hydrogen (secondary N) is 2. The molecule has 1 amide bonds. The summed E-state index contributed by atoms with van der Waals surface area (Å²) in [5.41, 5.74) is 1.24. The molecule has 0 atom stereocenters. The molecule has 4 heteroatoms. The molecule has 0 bridgehead atoms. The second-order valence-electron chi connectivity index (χ2n) is 4.45. The Morgan fingerprint density at radius 1 is 1.26 bits per heavy atom. The monoisotopic (exact) mass is 264 g/mol. The van der Waals surface area contributed by atoms with E-state index in [-0.39, 0.29) is 5.91 Å². The van der Waals surface area contributed by atoms with E-state index in [1.807, 2.05) is 25.1 Å². The van der Waals surface area contributed by atoms with Crippen LogP contribution in [-0.2, 0) is 11.2 Å². The maximum atomic E-state index is 11.4. The Kier molecular flexibility index (Phi) is 7.66. The van der Waals surface area contributed by atoms with E-state index >= 15 is 0 Å². The van der Waals surface area contributed by atoms with Gasteiger partial charge in [-0.15, -0.1) is 0 Å². The van der Waals surface area contributed by atoms with Gasteiger partial charge in [0, 0.05) is 19.5 Å². The van der Waals surface area contributed by atoms with Crippen molar-refractivity contribution in [3.8, 4) is 5.75 Å². The van der Waals surface area contributed by atoms with Crippen molar-refractivity contribution in [1.29, 1.82) is 0 Å². The molecule has 1 aromatic carbocycles. The Bertz CT molecular complexity index is 380. The quantitative estimate of drug-likeness (QED) is 0.668. The van der Waals surface area contributed by atoms with Crippen molar-refractivity contribution in [3.63, 3.8) is 0 Å². The maximum Gasteiger partial charge on any atom is 0.221 e. The summed E-state index contributed by atoms with van der Waals surface area (Å²) in [6.45, 7) is 4.41. The van der Waals surface area contributed by atoms with Crippen LogP contribution in [0.15, 0.2) is 24.3 Å². The minimum Gasteiger partial charge on any atom is -0.497 e. The molecule has 0 aliphatic carbocycles. The van der Waals surface area contributed by atoms with Crippen LogP contribution in [0.5, 0.6) is 5.75 Å². The van der Waals surface area contributed by atoms with E-state index in [4.69, 9.17) is 4.74 Å². The highest BCUT2D eigenvalue weighted by Gasteiger charge is 1.99. The van der Waals surface area contributed by atoms with E-state index in [9.17, 15) is 4.79 Å². The Morgan fingerprint density at radius 2 is 2.11 bits per heavy atom. The molecule has 19 heavy (non-hydrogen) atoms. The van der Waals surface area contributed by atoms with Crippen molar-refractivity contribution >= 4 is 5.91 Å². The number of benzene rings is 1. The van der Waals surface area contributed by atoms with E-state index in [1.54, 1.807) is 7.11 Å². The van der Waals surface area contributed by atoms with Crippen molar-refractivity contribution in [2.24, 2.45) is 0 Å². The normalized spacial score (nSPS) is 10.2. The average Bonchev–Trinajstić information content (AvgIpc) is 2.45. The topological polar surface area (TPSA) is 50.4 Å². The molecule has 0 heterocycles. The van der Waals surface area contributed by atoms with Crippen LogP contribution < -0.4 is 15.4 Å².